The van der Waals surface area contributed by atoms with Crippen molar-refractivity contribution in [3.63, 3.8) is 0 Å². The number of likely N-dealkylation sites (tertiary alicyclic amines) is 1. The van der Waals surface area contributed by atoms with Gasteiger partial charge in [-0.15, -0.1) is 0 Å². The van der Waals surface area contributed by atoms with Crippen LogP contribution in [-0.4, -0.2) is 35.2 Å². The van der Waals surface area contributed by atoms with Crippen LogP contribution in [0.5, 0.6) is 0 Å². The Bertz CT molecular complexity index is 560. The normalized spacial score (nSPS) is 25.0. The standard InChI is InChI=1S/C20H32N2O2/c1-13(2)15-7-9-16(10-8-15)17-11-18(21)14(3)22(12-17)19(23)24-20(4,5)6/h7-10,13-14,17-18H,11-12,21H2,1-6H3. The van der Waals surface area contributed by atoms with Crippen LogP contribution < -0.4 is 5.73 Å². The van der Waals surface area contributed by atoms with Gasteiger partial charge < -0.3 is 15.4 Å². The topological polar surface area (TPSA) is 55.6 Å². The lowest BCUT2D eigenvalue weighted by molar-refractivity contribution is 0.00666. The maximum absolute atomic E-state index is 12.5. The predicted octanol–water partition coefficient (Wildman–Crippen LogP) is 4.25. The minimum absolute atomic E-state index is 0.00830. The molecule has 1 saturated heterocycles. The fourth-order valence-electron chi connectivity index (χ4n) is 3.19. The first-order chi connectivity index (χ1) is 11.1. The average Bonchev–Trinajstić information content (AvgIpc) is 2.48. The number of carbonyl (C=O) groups excluding carboxylic acids is 1. The van der Waals surface area contributed by atoms with Crippen LogP contribution in [0.25, 0.3) is 0 Å². The Morgan fingerprint density at radius 3 is 2.33 bits per heavy atom. The third kappa shape index (κ3) is 4.50. The first-order valence-corrected chi connectivity index (χ1v) is 8.93. The molecule has 1 aliphatic heterocycles. The third-order valence-electron chi connectivity index (χ3n) is 4.79. The zero-order valence-electron chi connectivity index (χ0n) is 15.9. The van der Waals surface area contributed by atoms with Gasteiger partial charge in [-0.1, -0.05) is 38.1 Å². The van der Waals surface area contributed by atoms with Crippen molar-refractivity contribution in [3.05, 3.63) is 35.4 Å². The van der Waals surface area contributed by atoms with Gasteiger partial charge in [0.15, 0.2) is 0 Å². The average molecular weight is 332 g/mol. The van der Waals surface area contributed by atoms with E-state index in [1.165, 1.54) is 11.1 Å². The maximum atomic E-state index is 12.5. The molecule has 134 valence electrons. The maximum Gasteiger partial charge on any atom is 0.410 e. The van der Waals surface area contributed by atoms with Crippen molar-refractivity contribution in [2.45, 2.75) is 77.5 Å². The van der Waals surface area contributed by atoms with Crippen molar-refractivity contribution in [1.82, 2.24) is 4.90 Å². The van der Waals surface area contributed by atoms with Gasteiger partial charge in [0.1, 0.15) is 5.60 Å². The highest BCUT2D eigenvalue weighted by Gasteiger charge is 2.36. The Kier molecular flexibility index (Phi) is 5.59. The number of rotatable bonds is 2. The zero-order chi connectivity index (χ0) is 18.1. The molecule has 1 aliphatic rings. The van der Waals surface area contributed by atoms with Crippen LogP contribution in [0.3, 0.4) is 0 Å². The molecular formula is C20H32N2O2. The summed E-state index contributed by atoms with van der Waals surface area (Å²) in [5, 5.41) is 0. The first kappa shape index (κ1) is 18.8. The van der Waals surface area contributed by atoms with Crippen LogP contribution in [0.15, 0.2) is 24.3 Å². The van der Waals surface area contributed by atoms with Crippen LogP contribution in [0, 0.1) is 0 Å². The number of amides is 1. The van der Waals surface area contributed by atoms with Crippen LogP contribution in [-0.2, 0) is 4.74 Å². The molecule has 3 atom stereocenters. The smallest absolute Gasteiger partial charge is 0.410 e. The van der Waals surface area contributed by atoms with Gasteiger partial charge in [0.25, 0.3) is 0 Å². The second-order valence-electron chi connectivity index (χ2n) is 8.29. The van der Waals surface area contributed by atoms with Gasteiger partial charge in [-0.3, -0.25) is 0 Å². The van der Waals surface area contributed by atoms with Crippen LogP contribution in [0.2, 0.25) is 0 Å². The molecule has 2 N–H and O–H groups in total. The minimum atomic E-state index is -0.493. The Hall–Kier alpha value is -1.55. The number of hydrogen-bond donors (Lipinski definition) is 1. The number of ether oxygens (including phenoxy) is 1. The lowest BCUT2D eigenvalue weighted by Gasteiger charge is -2.42. The predicted molar refractivity (Wildman–Crippen MR) is 98.3 cm³/mol. The summed E-state index contributed by atoms with van der Waals surface area (Å²) < 4.78 is 5.56. The highest BCUT2D eigenvalue weighted by molar-refractivity contribution is 5.69. The van der Waals surface area contributed by atoms with Crippen molar-refractivity contribution in [2.24, 2.45) is 5.73 Å². The summed E-state index contributed by atoms with van der Waals surface area (Å²) >= 11 is 0. The lowest BCUT2D eigenvalue weighted by Crippen LogP contribution is -2.55. The number of hydrogen-bond acceptors (Lipinski definition) is 3. The molecule has 0 aromatic heterocycles. The minimum Gasteiger partial charge on any atom is -0.444 e. The Morgan fingerprint density at radius 1 is 1.25 bits per heavy atom. The van der Waals surface area contributed by atoms with Gasteiger partial charge in [-0.25, -0.2) is 4.79 Å². The quantitative estimate of drug-likeness (QED) is 0.881. The third-order valence-corrected chi connectivity index (χ3v) is 4.79. The van der Waals surface area contributed by atoms with E-state index in [1.54, 1.807) is 4.90 Å². The summed E-state index contributed by atoms with van der Waals surface area (Å²) in [5.74, 6) is 0.774. The molecule has 0 radical (unpaired) electrons. The van der Waals surface area contributed by atoms with Gasteiger partial charge >= 0.3 is 6.09 Å². The van der Waals surface area contributed by atoms with Crippen molar-refractivity contribution < 1.29 is 9.53 Å². The zero-order valence-corrected chi connectivity index (χ0v) is 15.9. The van der Waals surface area contributed by atoms with Crippen molar-refractivity contribution in [3.8, 4) is 0 Å². The lowest BCUT2D eigenvalue weighted by atomic mass is 9.84. The summed E-state index contributed by atoms with van der Waals surface area (Å²) in [5.41, 5.74) is 8.41. The van der Waals surface area contributed by atoms with E-state index in [0.29, 0.717) is 12.5 Å². The van der Waals surface area contributed by atoms with Gasteiger partial charge in [0.2, 0.25) is 0 Å². The molecule has 0 bridgehead atoms. The van der Waals surface area contributed by atoms with E-state index >= 15 is 0 Å². The second kappa shape index (κ2) is 7.14. The SMILES string of the molecule is CC(C)c1ccc(C2CC(N)C(C)N(C(=O)OC(C)(C)C)C2)cc1. The summed E-state index contributed by atoms with van der Waals surface area (Å²) in [7, 11) is 0. The van der Waals surface area contributed by atoms with Crippen LogP contribution in [0.1, 0.15) is 70.9 Å². The van der Waals surface area contributed by atoms with E-state index < -0.39 is 5.60 Å². The fraction of sp³-hybridized carbons (Fsp3) is 0.650. The molecule has 1 amide bonds. The summed E-state index contributed by atoms with van der Waals surface area (Å²) in [6.07, 6.45) is 0.621. The molecule has 1 aromatic rings. The molecule has 2 rings (SSSR count). The largest absolute Gasteiger partial charge is 0.444 e. The number of carbonyl (C=O) groups is 1. The number of piperidine rings is 1. The molecule has 0 saturated carbocycles. The highest BCUT2D eigenvalue weighted by atomic mass is 16.6. The second-order valence-corrected chi connectivity index (χ2v) is 8.29. The van der Waals surface area contributed by atoms with Gasteiger partial charge in [0, 0.05) is 24.5 Å². The molecule has 1 aromatic carbocycles. The molecule has 4 heteroatoms. The van der Waals surface area contributed by atoms with Gasteiger partial charge in [-0.2, -0.15) is 0 Å². The molecule has 1 fully saturated rings. The van der Waals surface area contributed by atoms with Gasteiger partial charge in [-0.05, 0) is 51.2 Å². The monoisotopic (exact) mass is 332 g/mol. The number of benzene rings is 1. The van der Waals surface area contributed by atoms with E-state index in [9.17, 15) is 4.79 Å². The molecule has 0 aliphatic carbocycles. The van der Waals surface area contributed by atoms with Crippen LogP contribution >= 0.6 is 0 Å². The molecule has 3 unspecified atom stereocenters. The van der Waals surface area contributed by atoms with E-state index in [1.807, 2.05) is 27.7 Å². The molecule has 0 spiro atoms. The number of nitrogens with two attached hydrogens (primary N) is 1. The van der Waals surface area contributed by atoms with Crippen molar-refractivity contribution in [2.75, 3.05) is 6.54 Å². The summed E-state index contributed by atoms with van der Waals surface area (Å²) in [4.78, 5) is 14.3. The van der Waals surface area contributed by atoms with Gasteiger partial charge in [0.05, 0.1) is 0 Å². The molecular weight excluding hydrogens is 300 g/mol. The Labute approximate surface area is 146 Å². The Morgan fingerprint density at radius 2 is 1.83 bits per heavy atom. The molecule has 4 nitrogen and oxygen atoms in total. The summed E-state index contributed by atoms with van der Waals surface area (Å²) in [6.45, 7) is 12.7. The van der Waals surface area contributed by atoms with E-state index in [2.05, 4.69) is 38.1 Å². The van der Waals surface area contributed by atoms with Crippen molar-refractivity contribution in [1.29, 1.82) is 0 Å². The fourth-order valence-corrected chi connectivity index (χ4v) is 3.19. The highest BCUT2D eigenvalue weighted by Crippen LogP contribution is 2.31. The Balaban J connectivity index is 2.16. The van der Waals surface area contributed by atoms with E-state index in [4.69, 9.17) is 10.5 Å². The molecule has 24 heavy (non-hydrogen) atoms. The van der Waals surface area contributed by atoms with E-state index in [0.717, 1.165) is 6.42 Å². The summed E-state index contributed by atoms with van der Waals surface area (Å²) in [6, 6.07) is 8.67. The molecule has 1 heterocycles. The van der Waals surface area contributed by atoms with Crippen molar-refractivity contribution >= 4 is 6.09 Å². The number of nitrogens with zero attached hydrogens (tertiary/aromatic N) is 1. The van der Waals surface area contributed by atoms with Crippen LogP contribution in [0.4, 0.5) is 4.79 Å². The van der Waals surface area contributed by atoms with E-state index in [-0.39, 0.29) is 24.1 Å². The first-order valence-electron chi connectivity index (χ1n) is 8.93.